The summed E-state index contributed by atoms with van der Waals surface area (Å²) in [5.74, 6) is -0.926. The van der Waals surface area contributed by atoms with Crippen LogP contribution >= 0.6 is 0 Å². The number of carbonyl (C=O) groups excluding carboxylic acids is 2. The van der Waals surface area contributed by atoms with Crippen molar-refractivity contribution in [2.75, 3.05) is 11.9 Å². The number of fused-ring (bicyclic) bond motifs is 1. The van der Waals surface area contributed by atoms with Crippen molar-refractivity contribution < 1.29 is 14.3 Å². The Morgan fingerprint density at radius 1 is 1.12 bits per heavy atom. The van der Waals surface area contributed by atoms with Gasteiger partial charge in [-0.3, -0.25) is 4.79 Å². The lowest BCUT2D eigenvalue weighted by atomic mass is 10.2. The molecule has 0 aliphatic rings. The molecule has 3 rings (SSSR count). The van der Waals surface area contributed by atoms with Gasteiger partial charge in [0.05, 0.1) is 0 Å². The van der Waals surface area contributed by atoms with E-state index in [-0.39, 0.29) is 11.6 Å². The quantitative estimate of drug-likeness (QED) is 0.687. The van der Waals surface area contributed by atoms with E-state index in [1.807, 2.05) is 55.5 Å². The Morgan fingerprint density at radius 3 is 2.52 bits per heavy atom. The molecule has 6 nitrogen and oxygen atoms in total. The summed E-state index contributed by atoms with van der Waals surface area (Å²) in [6, 6.07) is 14.8. The zero-order valence-electron chi connectivity index (χ0n) is 14.3. The average molecular weight is 337 g/mol. The summed E-state index contributed by atoms with van der Waals surface area (Å²) < 4.78 is 7.11. The first-order valence-corrected chi connectivity index (χ1v) is 7.95. The van der Waals surface area contributed by atoms with Crippen molar-refractivity contribution in [2.45, 2.75) is 20.0 Å². The number of amides is 1. The molecule has 1 atom stereocenters. The molecule has 1 unspecified atom stereocenters. The lowest BCUT2D eigenvalue weighted by Crippen LogP contribution is -2.37. The highest BCUT2D eigenvalue weighted by Crippen LogP contribution is 2.14. The van der Waals surface area contributed by atoms with E-state index >= 15 is 0 Å². The minimum Gasteiger partial charge on any atom is -0.448 e. The number of carbonyl (C=O) groups is 2. The molecule has 3 aromatic rings. The second kappa shape index (κ2) is 6.76. The first kappa shape index (κ1) is 16.7. The van der Waals surface area contributed by atoms with Crippen molar-refractivity contribution in [3.05, 3.63) is 66.1 Å². The standard InChI is InChI=1S/C19H19N3O3/c1-13-8-7-11-17-20-16(12-22(13)17)19(24)25-14(2)18(23)21(3)15-9-5-4-6-10-15/h4-12,14H,1-3H3. The third kappa shape index (κ3) is 3.38. The third-order valence-corrected chi connectivity index (χ3v) is 4.01. The summed E-state index contributed by atoms with van der Waals surface area (Å²) >= 11 is 0. The van der Waals surface area contributed by atoms with Crippen LogP contribution in [0.4, 0.5) is 5.69 Å². The van der Waals surface area contributed by atoms with E-state index < -0.39 is 12.1 Å². The maximum atomic E-state index is 12.5. The van der Waals surface area contributed by atoms with E-state index in [2.05, 4.69) is 4.98 Å². The van der Waals surface area contributed by atoms with Gasteiger partial charge in [0.1, 0.15) is 5.65 Å². The van der Waals surface area contributed by atoms with Crippen molar-refractivity contribution in [3.63, 3.8) is 0 Å². The molecule has 0 aliphatic carbocycles. The molecule has 1 amide bonds. The van der Waals surface area contributed by atoms with Crippen LogP contribution in [0.1, 0.15) is 23.1 Å². The van der Waals surface area contributed by atoms with Crippen molar-refractivity contribution in [3.8, 4) is 0 Å². The second-order valence-electron chi connectivity index (χ2n) is 5.80. The number of nitrogens with zero attached hydrogens (tertiary/aromatic N) is 3. The number of rotatable bonds is 4. The Labute approximate surface area is 145 Å². The zero-order chi connectivity index (χ0) is 18.0. The molecule has 128 valence electrons. The molecule has 1 aromatic carbocycles. The molecular weight excluding hydrogens is 318 g/mol. The minimum atomic E-state index is -0.913. The van der Waals surface area contributed by atoms with Crippen LogP contribution in [-0.4, -0.2) is 34.4 Å². The van der Waals surface area contributed by atoms with Crippen molar-refractivity contribution >= 4 is 23.2 Å². The van der Waals surface area contributed by atoms with Crippen LogP contribution in [0.3, 0.4) is 0 Å². The molecule has 2 aromatic heterocycles. The van der Waals surface area contributed by atoms with Crippen molar-refractivity contribution in [1.82, 2.24) is 9.38 Å². The normalized spacial score (nSPS) is 12.0. The number of aromatic nitrogens is 2. The maximum absolute atomic E-state index is 12.5. The summed E-state index contributed by atoms with van der Waals surface area (Å²) in [6.45, 7) is 3.48. The number of hydrogen-bond acceptors (Lipinski definition) is 4. The van der Waals surface area contributed by atoms with Gasteiger partial charge < -0.3 is 14.0 Å². The van der Waals surface area contributed by atoms with Crippen LogP contribution in [-0.2, 0) is 9.53 Å². The third-order valence-electron chi connectivity index (χ3n) is 4.01. The van der Waals surface area contributed by atoms with Gasteiger partial charge in [0.2, 0.25) is 0 Å². The first-order valence-electron chi connectivity index (χ1n) is 7.95. The molecule has 0 N–H and O–H groups in total. The van der Waals surface area contributed by atoms with Crippen LogP contribution < -0.4 is 4.90 Å². The molecule has 0 bridgehead atoms. The summed E-state index contributed by atoms with van der Waals surface area (Å²) in [5.41, 5.74) is 2.53. The molecule has 0 radical (unpaired) electrons. The maximum Gasteiger partial charge on any atom is 0.359 e. The molecule has 0 saturated carbocycles. The Kier molecular flexibility index (Phi) is 4.52. The molecular formula is C19H19N3O3. The monoisotopic (exact) mass is 337 g/mol. The van der Waals surface area contributed by atoms with Gasteiger partial charge in [0, 0.05) is 24.6 Å². The average Bonchev–Trinajstić information content (AvgIpc) is 3.07. The van der Waals surface area contributed by atoms with Gasteiger partial charge in [-0.15, -0.1) is 0 Å². The van der Waals surface area contributed by atoms with Crippen molar-refractivity contribution in [1.29, 1.82) is 0 Å². The number of hydrogen-bond donors (Lipinski definition) is 0. The molecule has 2 heterocycles. The van der Waals surface area contributed by atoms with E-state index in [1.54, 1.807) is 24.6 Å². The zero-order valence-corrected chi connectivity index (χ0v) is 14.3. The number of esters is 1. The predicted octanol–water partition coefficient (Wildman–Crippen LogP) is 2.85. The minimum absolute atomic E-state index is 0.177. The highest BCUT2D eigenvalue weighted by Gasteiger charge is 2.24. The summed E-state index contributed by atoms with van der Waals surface area (Å²) in [6.07, 6.45) is 0.703. The van der Waals surface area contributed by atoms with E-state index in [4.69, 9.17) is 4.74 Å². The molecule has 25 heavy (non-hydrogen) atoms. The summed E-state index contributed by atoms with van der Waals surface area (Å²) in [7, 11) is 1.65. The fourth-order valence-electron chi connectivity index (χ4n) is 2.57. The SMILES string of the molecule is Cc1cccc2nc(C(=O)OC(C)C(=O)N(C)c3ccccc3)cn12. The Bertz CT molecular complexity index is 918. The predicted molar refractivity (Wildman–Crippen MR) is 94.7 cm³/mol. The van der Waals surface area contributed by atoms with Crippen LogP contribution in [0.5, 0.6) is 0 Å². The van der Waals surface area contributed by atoms with E-state index in [0.29, 0.717) is 5.65 Å². The fraction of sp³-hybridized carbons (Fsp3) is 0.211. The number of likely N-dealkylation sites (N-methyl/N-ethyl adjacent to an activating group) is 1. The van der Waals surface area contributed by atoms with Gasteiger partial charge in [-0.1, -0.05) is 24.3 Å². The molecule has 6 heteroatoms. The number of ether oxygens (including phenoxy) is 1. The molecule has 0 fully saturated rings. The van der Waals surface area contributed by atoms with Gasteiger partial charge in [-0.25, -0.2) is 9.78 Å². The number of para-hydroxylation sites is 1. The van der Waals surface area contributed by atoms with Gasteiger partial charge in [0.15, 0.2) is 11.8 Å². The number of benzene rings is 1. The topological polar surface area (TPSA) is 63.9 Å². The molecule has 0 spiro atoms. The highest BCUT2D eigenvalue weighted by atomic mass is 16.5. The first-order chi connectivity index (χ1) is 12.0. The Balaban J connectivity index is 1.73. The van der Waals surface area contributed by atoms with Crippen LogP contribution in [0.25, 0.3) is 5.65 Å². The Morgan fingerprint density at radius 2 is 1.84 bits per heavy atom. The summed E-state index contributed by atoms with van der Waals surface area (Å²) in [5, 5.41) is 0. The van der Waals surface area contributed by atoms with E-state index in [0.717, 1.165) is 11.4 Å². The summed E-state index contributed by atoms with van der Waals surface area (Å²) in [4.78, 5) is 30.5. The van der Waals surface area contributed by atoms with Gasteiger partial charge in [-0.2, -0.15) is 0 Å². The number of anilines is 1. The highest BCUT2D eigenvalue weighted by molar-refractivity contribution is 5.98. The van der Waals surface area contributed by atoms with Gasteiger partial charge >= 0.3 is 5.97 Å². The number of imidazole rings is 1. The largest absolute Gasteiger partial charge is 0.448 e. The number of pyridine rings is 1. The lowest BCUT2D eigenvalue weighted by molar-refractivity contribution is -0.126. The lowest BCUT2D eigenvalue weighted by Gasteiger charge is -2.21. The van der Waals surface area contributed by atoms with Gasteiger partial charge in [0.25, 0.3) is 5.91 Å². The van der Waals surface area contributed by atoms with Crippen LogP contribution in [0.2, 0.25) is 0 Å². The second-order valence-corrected chi connectivity index (χ2v) is 5.80. The number of aryl methyl sites for hydroxylation is 1. The van der Waals surface area contributed by atoms with Gasteiger partial charge in [-0.05, 0) is 38.1 Å². The van der Waals surface area contributed by atoms with Crippen LogP contribution in [0.15, 0.2) is 54.7 Å². The van der Waals surface area contributed by atoms with E-state index in [1.165, 1.54) is 4.90 Å². The Hall–Kier alpha value is -3.15. The van der Waals surface area contributed by atoms with Crippen molar-refractivity contribution in [2.24, 2.45) is 0 Å². The molecule has 0 aliphatic heterocycles. The van der Waals surface area contributed by atoms with E-state index in [9.17, 15) is 9.59 Å². The fourth-order valence-corrected chi connectivity index (χ4v) is 2.57. The van der Waals surface area contributed by atoms with Crippen LogP contribution in [0, 0.1) is 6.92 Å². The molecule has 0 saturated heterocycles. The smallest absolute Gasteiger partial charge is 0.359 e.